The van der Waals surface area contributed by atoms with Gasteiger partial charge in [0.15, 0.2) is 0 Å². The first-order chi connectivity index (χ1) is 8.36. The molecule has 0 radical (unpaired) electrons. The number of hydrogen-bond donors (Lipinski definition) is 0. The molecule has 0 spiro atoms. The molecule has 0 amide bonds. The summed E-state index contributed by atoms with van der Waals surface area (Å²) in [7, 11) is 4.81. The molecule has 0 unspecified atom stereocenters. The van der Waals surface area contributed by atoms with Crippen molar-refractivity contribution >= 4 is 29.6 Å². The summed E-state index contributed by atoms with van der Waals surface area (Å²) in [5.74, 6) is -0.195. The normalized spacial score (nSPS) is 10.4. The Hall–Kier alpha value is -1.10. The van der Waals surface area contributed by atoms with E-state index in [0.29, 0.717) is 0 Å². The second-order valence-corrected chi connectivity index (χ2v) is 6.92. The van der Waals surface area contributed by atoms with Crippen molar-refractivity contribution in [2.24, 2.45) is 0 Å². The zero-order valence-electron chi connectivity index (χ0n) is 9.05. The van der Waals surface area contributed by atoms with Crippen molar-refractivity contribution in [1.82, 2.24) is 0 Å². The number of halogens is 3. The van der Waals surface area contributed by atoms with E-state index < -0.39 is 8.26 Å². The van der Waals surface area contributed by atoms with Crippen molar-refractivity contribution in [2.45, 2.75) is 0 Å². The van der Waals surface area contributed by atoms with Crippen molar-refractivity contribution in [3.05, 3.63) is 60.4 Å². The Morgan fingerprint density at radius 2 is 1.17 bits per heavy atom. The average molecular weight is 307 g/mol. The molecule has 0 fully saturated rings. The van der Waals surface area contributed by atoms with Crippen LogP contribution in [0.25, 0.3) is 11.1 Å². The van der Waals surface area contributed by atoms with Crippen LogP contribution >= 0.6 is 21.4 Å². The third kappa shape index (κ3) is 6.59. The molecular weight excluding hydrogens is 298 g/mol. The maximum atomic E-state index is 12.6. The van der Waals surface area contributed by atoms with Gasteiger partial charge >= 0.3 is 8.26 Å². The Morgan fingerprint density at radius 1 is 0.778 bits per heavy atom. The largest absolute Gasteiger partial charge is 0.317 e. The molecule has 18 heavy (non-hydrogen) atoms. The Kier molecular flexibility index (Phi) is 5.59. The van der Waals surface area contributed by atoms with Gasteiger partial charge in [0, 0.05) is 21.4 Å². The fourth-order valence-electron chi connectivity index (χ4n) is 1.27. The molecule has 0 bridgehead atoms. The quantitative estimate of drug-likeness (QED) is 0.740. The number of rotatable bonds is 1. The second kappa shape index (κ2) is 6.73. The first-order valence-electron chi connectivity index (χ1n) is 4.81. The van der Waals surface area contributed by atoms with Gasteiger partial charge in [0.1, 0.15) is 5.82 Å². The monoisotopic (exact) mass is 306 g/mol. The van der Waals surface area contributed by atoms with E-state index in [4.69, 9.17) is 8.42 Å². The van der Waals surface area contributed by atoms with Gasteiger partial charge in [-0.1, -0.05) is 42.5 Å². The van der Waals surface area contributed by atoms with Gasteiger partial charge in [-0.05, 0) is 23.3 Å². The summed E-state index contributed by atoms with van der Waals surface area (Å²) in [5, 5.41) is 0. The van der Waals surface area contributed by atoms with Gasteiger partial charge in [0.2, 0.25) is 0 Å². The van der Waals surface area contributed by atoms with E-state index in [1.165, 1.54) is 12.1 Å². The van der Waals surface area contributed by atoms with E-state index in [1.54, 1.807) is 12.1 Å². The van der Waals surface area contributed by atoms with Crippen LogP contribution in [0.5, 0.6) is 0 Å². The van der Waals surface area contributed by atoms with Crippen LogP contribution in [-0.2, 0) is 8.26 Å². The van der Waals surface area contributed by atoms with Crippen LogP contribution in [0.1, 0.15) is 0 Å². The Bertz CT molecular complexity index is 575. The predicted molar refractivity (Wildman–Crippen MR) is 72.5 cm³/mol. The van der Waals surface area contributed by atoms with Gasteiger partial charge in [0.25, 0.3) is 0 Å². The summed E-state index contributed by atoms with van der Waals surface area (Å²) in [6, 6.07) is 16.4. The van der Waals surface area contributed by atoms with Crippen LogP contribution in [0.2, 0.25) is 0 Å². The lowest BCUT2D eigenvalue weighted by molar-refractivity contribution is 0.621. The van der Waals surface area contributed by atoms with E-state index in [-0.39, 0.29) is 5.82 Å². The molecule has 2 aromatic rings. The lowest BCUT2D eigenvalue weighted by Gasteiger charge is -1.99. The van der Waals surface area contributed by atoms with Crippen molar-refractivity contribution in [3.8, 4) is 11.1 Å². The summed E-state index contributed by atoms with van der Waals surface area (Å²) in [6.45, 7) is 0. The van der Waals surface area contributed by atoms with E-state index in [1.807, 2.05) is 30.3 Å². The predicted octanol–water partition coefficient (Wildman–Crippen LogP) is 4.20. The molecule has 0 aromatic heterocycles. The van der Waals surface area contributed by atoms with E-state index >= 15 is 0 Å². The van der Waals surface area contributed by atoms with Crippen molar-refractivity contribution in [2.75, 3.05) is 0 Å². The smallest absolute Gasteiger partial charge is 0.207 e. The van der Waals surface area contributed by atoms with Crippen LogP contribution < -0.4 is 0 Å². The number of benzene rings is 2. The van der Waals surface area contributed by atoms with Crippen LogP contribution in [0.4, 0.5) is 4.39 Å². The highest BCUT2D eigenvalue weighted by atomic mass is 36.0. The highest BCUT2D eigenvalue weighted by molar-refractivity contribution is 8.31. The Balaban J connectivity index is 0.000000280. The molecule has 0 saturated carbocycles. The fourth-order valence-corrected chi connectivity index (χ4v) is 1.27. The summed E-state index contributed by atoms with van der Waals surface area (Å²) in [6.07, 6.45) is 0. The van der Waals surface area contributed by atoms with Gasteiger partial charge in [-0.2, -0.15) is 8.42 Å². The minimum Gasteiger partial charge on any atom is -0.207 e. The molecule has 0 aliphatic heterocycles. The van der Waals surface area contributed by atoms with Crippen molar-refractivity contribution < 1.29 is 12.8 Å². The maximum Gasteiger partial charge on any atom is 0.317 e. The van der Waals surface area contributed by atoms with Gasteiger partial charge < -0.3 is 0 Å². The molecule has 0 heterocycles. The van der Waals surface area contributed by atoms with Crippen LogP contribution in [0.15, 0.2) is 54.6 Å². The standard InChI is InChI=1S/C12H9F.Cl2O2S/c13-12-8-6-11(7-9-12)10-4-2-1-3-5-10;1-5(2,3)4/h1-9H;. The molecule has 2 aromatic carbocycles. The second-order valence-electron chi connectivity index (χ2n) is 3.25. The molecule has 0 atom stereocenters. The SMILES string of the molecule is Fc1ccc(-c2ccccc2)cc1.O=S(=O)(Cl)Cl. The highest BCUT2D eigenvalue weighted by Gasteiger charge is 1.95. The average Bonchev–Trinajstić information content (AvgIpc) is 2.29. The fraction of sp³-hybridized carbons (Fsp3) is 0. The molecule has 2 nitrogen and oxygen atoms in total. The molecule has 2 rings (SSSR count). The van der Waals surface area contributed by atoms with Crippen LogP contribution in [0, 0.1) is 5.82 Å². The lowest BCUT2D eigenvalue weighted by atomic mass is 10.1. The molecule has 96 valence electrons. The molecule has 0 aliphatic carbocycles. The molecular formula is C12H9Cl2FO2S. The van der Waals surface area contributed by atoms with Gasteiger partial charge in [-0.3, -0.25) is 0 Å². The lowest BCUT2D eigenvalue weighted by Crippen LogP contribution is -1.77. The van der Waals surface area contributed by atoms with Gasteiger partial charge in [0.05, 0.1) is 0 Å². The highest BCUT2D eigenvalue weighted by Crippen LogP contribution is 2.18. The van der Waals surface area contributed by atoms with E-state index in [0.717, 1.165) is 11.1 Å². The molecule has 0 saturated heterocycles. The first kappa shape index (κ1) is 15.0. The van der Waals surface area contributed by atoms with Crippen LogP contribution in [-0.4, -0.2) is 8.42 Å². The Morgan fingerprint density at radius 3 is 1.61 bits per heavy atom. The molecule has 0 N–H and O–H groups in total. The zero-order chi connectivity index (χ0) is 13.6. The van der Waals surface area contributed by atoms with Gasteiger partial charge in [-0.15, -0.1) is 0 Å². The third-order valence-electron chi connectivity index (χ3n) is 1.95. The topological polar surface area (TPSA) is 34.1 Å². The van der Waals surface area contributed by atoms with Crippen molar-refractivity contribution in [1.29, 1.82) is 0 Å². The van der Waals surface area contributed by atoms with Crippen molar-refractivity contribution in [3.63, 3.8) is 0 Å². The summed E-state index contributed by atoms with van der Waals surface area (Å²) >= 11 is 0. The zero-order valence-corrected chi connectivity index (χ0v) is 11.4. The summed E-state index contributed by atoms with van der Waals surface area (Å²) in [4.78, 5) is 0. The minimum absolute atomic E-state index is 0.195. The summed E-state index contributed by atoms with van der Waals surface area (Å²) < 4.78 is 30.9. The van der Waals surface area contributed by atoms with Crippen LogP contribution in [0.3, 0.4) is 0 Å². The van der Waals surface area contributed by atoms with E-state index in [9.17, 15) is 4.39 Å². The molecule has 0 aliphatic rings. The number of hydrogen-bond acceptors (Lipinski definition) is 2. The Labute approximate surface area is 114 Å². The minimum atomic E-state index is -3.72. The molecule has 6 heteroatoms. The maximum absolute atomic E-state index is 12.6. The van der Waals surface area contributed by atoms with E-state index in [2.05, 4.69) is 21.4 Å². The van der Waals surface area contributed by atoms with Gasteiger partial charge in [-0.25, -0.2) is 4.39 Å². The summed E-state index contributed by atoms with van der Waals surface area (Å²) in [5.41, 5.74) is 2.16. The first-order valence-corrected chi connectivity index (χ1v) is 7.95. The third-order valence-corrected chi connectivity index (χ3v) is 1.95.